The van der Waals surface area contributed by atoms with Crippen LogP contribution in [-0.4, -0.2) is 0 Å². The summed E-state index contributed by atoms with van der Waals surface area (Å²) in [5.41, 5.74) is 0.484. The van der Waals surface area contributed by atoms with E-state index in [9.17, 15) is 4.39 Å². The van der Waals surface area contributed by atoms with Gasteiger partial charge in [-0.2, -0.15) is 5.26 Å². The molecule has 0 spiro atoms. The molecule has 0 aliphatic rings. The molecule has 0 saturated carbocycles. The number of nitrogens with zero attached hydrogens (tertiary/aromatic N) is 1. The highest BCUT2D eigenvalue weighted by Crippen LogP contribution is 2.18. The van der Waals surface area contributed by atoms with Crippen LogP contribution in [0.2, 0.25) is 0 Å². The van der Waals surface area contributed by atoms with Gasteiger partial charge in [0.1, 0.15) is 5.82 Å². The summed E-state index contributed by atoms with van der Waals surface area (Å²) in [5.74, 6) is -0.283. The SMILES string of the molecule is N#Cc1ccc2cccc(F)c2c1. The number of fused-ring (bicyclic) bond motifs is 1. The molecular weight excluding hydrogens is 165 g/mol. The van der Waals surface area contributed by atoms with Crippen molar-refractivity contribution >= 4 is 10.8 Å². The summed E-state index contributed by atoms with van der Waals surface area (Å²) < 4.78 is 13.2. The van der Waals surface area contributed by atoms with Crippen molar-refractivity contribution in [3.05, 3.63) is 47.8 Å². The molecule has 0 heterocycles. The molecule has 62 valence electrons. The van der Waals surface area contributed by atoms with Gasteiger partial charge in [0.2, 0.25) is 0 Å². The van der Waals surface area contributed by atoms with E-state index in [0.29, 0.717) is 10.9 Å². The molecule has 0 amide bonds. The average Bonchev–Trinajstić information content (AvgIpc) is 2.18. The minimum absolute atomic E-state index is 0.283. The molecule has 2 rings (SSSR count). The first kappa shape index (κ1) is 7.75. The summed E-state index contributed by atoms with van der Waals surface area (Å²) in [6.45, 7) is 0. The second-order valence-corrected chi connectivity index (χ2v) is 2.79. The fraction of sp³-hybridized carbons (Fsp3) is 0. The van der Waals surface area contributed by atoms with Crippen molar-refractivity contribution in [1.29, 1.82) is 5.26 Å². The number of nitriles is 1. The van der Waals surface area contributed by atoms with Crippen LogP contribution in [0.3, 0.4) is 0 Å². The zero-order valence-corrected chi connectivity index (χ0v) is 6.79. The van der Waals surface area contributed by atoms with Gasteiger partial charge in [0.05, 0.1) is 11.6 Å². The summed E-state index contributed by atoms with van der Waals surface area (Å²) in [5, 5.41) is 9.94. The molecule has 0 N–H and O–H groups in total. The first-order valence-electron chi connectivity index (χ1n) is 3.89. The summed E-state index contributed by atoms with van der Waals surface area (Å²) in [4.78, 5) is 0. The molecule has 2 aromatic rings. The zero-order chi connectivity index (χ0) is 9.26. The smallest absolute Gasteiger partial charge is 0.131 e. The third-order valence-corrected chi connectivity index (χ3v) is 1.96. The average molecular weight is 171 g/mol. The van der Waals surface area contributed by atoms with Gasteiger partial charge >= 0.3 is 0 Å². The van der Waals surface area contributed by atoms with E-state index in [4.69, 9.17) is 5.26 Å². The largest absolute Gasteiger partial charge is 0.206 e. The highest BCUT2D eigenvalue weighted by atomic mass is 19.1. The summed E-state index contributed by atoms with van der Waals surface area (Å²) >= 11 is 0. The molecule has 0 aromatic heterocycles. The second-order valence-electron chi connectivity index (χ2n) is 2.79. The summed E-state index contributed by atoms with van der Waals surface area (Å²) in [7, 11) is 0. The van der Waals surface area contributed by atoms with Gasteiger partial charge in [0, 0.05) is 5.39 Å². The van der Waals surface area contributed by atoms with Gasteiger partial charge in [-0.15, -0.1) is 0 Å². The van der Waals surface area contributed by atoms with E-state index >= 15 is 0 Å². The molecule has 1 nitrogen and oxygen atoms in total. The van der Waals surface area contributed by atoms with Gasteiger partial charge in [0.25, 0.3) is 0 Å². The van der Waals surface area contributed by atoms with Gasteiger partial charge < -0.3 is 0 Å². The van der Waals surface area contributed by atoms with Crippen LogP contribution in [0.4, 0.5) is 4.39 Å². The molecule has 0 aliphatic heterocycles. The van der Waals surface area contributed by atoms with Crippen LogP contribution in [-0.2, 0) is 0 Å². The lowest BCUT2D eigenvalue weighted by atomic mass is 10.1. The highest BCUT2D eigenvalue weighted by molar-refractivity contribution is 5.84. The second kappa shape index (κ2) is 2.87. The monoisotopic (exact) mass is 171 g/mol. The van der Waals surface area contributed by atoms with Crippen LogP contribution in [0.15, 0.2) is 36.4 Å². The van der Waals surface area contributed by atoms with Crippen LogP contribution < -0.4 is 0 Å². The van der Waals surface area contributed by atoms with Crippen molar-refractivity contribution in [2.75, 3.05) is 0 Å². The summed E-state index contributed by atoms with van der Waals surface area (Å²) in [6, 6.07) is 11.8. The molecule has 13 heavy (non-hydrogen) atoms. The standard InChI is InChI=1S/C11H6FN/c12-11-3-1-2-9-5-4-8(7-13)6-10(9)11/h1-6H. The van der Waals surface area contributed by atoms with Crippen molar-refractivity contribution in [3.8, 4) is 6.07 Å². The number of benzene rings is 2. The van der Waals surface area contributed by atoms with E-state index in [1.54, 1.807) is 24.3 Å². The quantitative estimate of drug-likeness (QED) is 0.597. The Kier molecular flexibility index (Phi) is 1.71. The Hall–Kier alpha value is -1.88. The maximum absolute atomic E-state index is 13.2. The predicted molar refractivity (Wildman–Crippen MR) is 48.6 cm³/mol. The predicted octanol–water partition coefficient (Wildman–Crippen LogP) is 2.85. The molecule has 2 heteroatoms. The molecule has 0 aliphatic carbocycles. The van der Waals surface area contributed by atoms with Gasteiger partial charge in [-0.05, 0) is 23.6 Å². The Morgan fingerprint density at radius 2 is 2.00 bits per heavy atom. The van der Waals surface area contributed by atoms with E-state index in [1.807, 2.05) is 12.1 Å². The third kappa shape index (κ3) is 1.25. The highest BCUT2D eigenvalue weighted by Gasteiger charge is 1.99. The molecule has 2 aromatic carbocycles. The fourth-order valence-electron chi connectivity index (χ4n) is 1.30. The van der Waals surface area contributed by atoms with Crippen LogP contribution in [0.25, 0.3) is 10.8 Å². The summed E-state index contributed by atoms with van der Waals surface area (Å²) in [6.07, 6.45) is 0. The van der Waals surface area contributed by atoms with Crippen LogP contribution >= 0.6 is 0 Å². The van der Waals surface area contributed by atoms with Gasteiger partial charge in [-0.1, -0.05) is 18.2 Å². The lowest BCUT2D eigenvalue weighted by molar-refractivity contribution is 0.640. The molecule has 0 radical (unpaired) electrons. The topological polar surface area (TPSA) is 23.8 Å². The lowest BCUT2D eigenvalue weighted by Crippen LogP contribution is -1.80. The molecule has 0 fully saturated rings. The first-order valence-corrected chi connectivity index (χ1v) is 3.89. The minimum Gasteiger partial charge on any atom is -0.206 e. The van der Waals surface area contributed by atoms with E-state index in [1.165, 1.54) is 6.07 Å². The van der Waals surface area contributed by atoms with Crippen molar-refractivity contribution in [1.82, 2.24) is 0 Å². The Bertz CT molecular complexity index is 497. The van der Waals surface area contributed by atoms with Crippen molar-refractivity contribution in [3.63, 3.8) is 0 Å². The normalized spacial score (nSPS) is 9.85. The van der Waals surface area contributed by atoms with E-state index in [0.717, 1.165) is 5.39 Å². The van der Waals surface area contributed by atoms with Crippen molar-refractivity contribution < 1.29 is 4.39 Å². The first-order chi connectivity index (χ1) is 6.31. The Labute approximate surface area is 75.0 Å². The number of rotatable bonds is 0. The minimum atomic E-state index is -0.283. The molecule has 0 bridgehead atoms. The van der Waals surface area contributed by atoms with Crippen LogP contribution in [0, 0.1) is 17.1 Å². The Morgan fingerprint density at radius 3 is 2.77 bits per heavy atom. The molecule has 0 saturated heterocycles. The molecular formula is C11H6FN. The van der Waals surface area contributed by atoms with Crippen LogP contribution in [0.5, 0.6) is 0 Å². The molecule has 0 unspecified atom stereocenters. The van der Waals surface area contributed by atoms with E-state index in [2.05, 4.69) is 0 Å². The van der Waals surface area contributed by atoms with E-state index in [-0.39, 0.29) is 5.82 Å². The number of halogens is 1. The van der Waals surface area contributed by atoms with Crippen molar-refractivity contribution in [2.24, 2.45) is 0 Å². The van der Waals surface area contributed by atoms with Crippen LogP contribution in [0.1, 0.15) is 5.56 Å². The lowest BCUT2D eigenvalue weighted by Gasteiger charge is -1.98. The third-order valence-electron chi connectivity index (χ3n) is 1.96. The van der Waals surface area contributed by atoms with Gasteiger partial charge in [0.15, 0.2) is 0 Å². The van der Waals surface area contributed by atoms with Gasteiger partial charge in [-0.3, -0.25) is 0 Å². The maximum Gasteiger partial charge on any atom is 0.131 e. The van der Waals surface area contributed by atoms with Gasteiger partial charge in [-0.25, -0.2) is 4.39 Å². The maximum atomic E-state index is 13.2. The van der Waals surface area contributed by atoms with E-state index < -0.39 is 0 Å². The van der Waals surface area contributed by atoms with Crippen molar-refractivity contribution in [2.45, 2.75) is 0 Å². The molecule has 0 atom stereocenters. The number of hydrogen-bond donors (Lipinski definition) is 0. The Balaban J connectivity index is 2.84. The zero-order valence-electron chi connectivity index (χ0n) is 6.79. The Morgan fingerprint density at radius 1 is 1.15 bits per heavy atom. The fourth-order valence-corrected chi connectivity index (χ4v) is 1.30. The number of hydrogen-bond acceptors (Lipinski definition) is 1.